The van der Waals surface area contributed by atoms with E-state index in [0.717, 1.165) is 55.3 Å². The predicted octanol–water partition coefficient (Wildman–Crippen LogP) is 4.22. The van der Waals surface area contributed by atoms with E-state index in [4.69, 9.17) is 0 Å². The van der Waals surface area contributed by atoms with Crippen molar-refractivity contribution in [3.63, 3.8) is 0 Å². The molecule has 2 aliphatic rings. The first kappa shape index (κ1) is 21.5. The number of rotatable bonds is 6. The number of carbonyl (C=O) groups excluding carboxylic acids is 2. The van der Waals surface area contributed by atoms with Crippen LogP contribution in [0.15, 0.2) is 48.8 Å². The SMILES string of the molecule is CC(C)NC(=O)C1(Cc2cccc(-c3ccncc3)c2)CCCN(C(=O)C2CCC2)C1. The van der Waals surface area contributed by atoms with Gasteiger partial charge in [-0.2, -0.15) is 0 Å². The Kier molecular flexibility index (Phi) is 6.40. The molecule has 1 aromatic heterocycles. The molecule has 1 aromatic carbocycles. The van der Waals surface area contributed by atoms with Crippen LogP contribution in [0.1, 0.15) is 51.5 Å². The summed E-state index contributed by atoms with van der Waals surface area (Å²) in [7, 11) is 0. The van der Waals surface area contributed by atoms with Crippen LogP contribution in [0.3, 0.4) is 0 Å². The molecule has 1 aliphatic carbocycles. The predicted molar refractivity (Wildman–Crippen MR) is 122 cm³/mol. The van der Waals surface area contributed by atoms with Gasteiger partial charge in [0.25, 0.3) is 0 Å². The molecule has 2 aromatic rings. The molecule has 4 rings (SSSR count). The zero-order chi connectivity index (χ0) is 21.8. The van der Waals surface area contributed by atoms with Crippen LogP contribution in [0.2, 0.25) is 0 Å². The van der Waals surface area contributed by atoms with Gasteiger partial charge in [-0.15, -0.1) is 0 Å². The number of piperidine rings is 1. The van der Waals surface area contributed by atoms with Crippen LogP contribution in [0.5, 0.6) is 0 Å². The van der Waals surface area contributed by atoms with Crippen molar-refractivity contribution in [1.82, 2.24) is 15.2 Å². The molecule has 164 valence electrons. The fourth-order valence-corrected chi connectivity index (χ4v) is 4.85. The summed E-state index contributed by atoms with van der Waals surface area (Å²) in [5.74, 6) is 0.486. The summed E-state index contributed by atoms with van der Waals surface area (Å²) in [6.45, 7) is 5.27. The maximum atomic E-state index is 13.5. The van der Waals surface area contributed by atoms with E-state index in [2.05, 4.69) is 34.6 Å². The van der Waals surface area contributed by atoms with Gasteiger partial charge < -0.3 is 10.2 Å². The Hall–Kier alpha value is -2.69. The second kappa shape index (κ2) is 9.21. The molecule has 5 heteroatoms. The minimum atomic E-state index is -0.585. The van der Waals surface area contributed by atoms with Crippen LogP contribution in [0, 0.1) is 11.3 Å². The molecule has 1 aliphatic heterocycles. The van der Waals surface area contributed by atoms with Crippen molar-refractivity contribution in [1.29, 1.82) is 0 Å². The topological polar surface area (TPSA) is 62.3 Å². The lowest BCUT2D eigenvalue weighted by Gasteiger charge is -2.44. The molecule has 5 nitrogen and oxygen atoms in total. The van der Waals surface area contributed by atoms with Crippen LogP contribution >= 0.6 is 0 Å². The molecule has 0 bridgehead atoms. The van der Waals surface area contributed by atoms with Crippen LogP contribution in [-0.4, -0.2) is 40.8 Å². The average Bonchev–Trinajstić information content (AvgIpc) is 2.73. The number of likely N-dealkylation sites (tertiary alicyclic amines) is 1. The molecule has 1 N–H and O–H groups in total. The Morgan fingerprint density at radius 2 is 1.90 bits per heavy atom. The van der Waals surface area contributed by atoms with Gasteiger partial charge in [0.1, 0.15) is 0 Å². The van der Waals surface area contributed by atoms with Gasteiger partial charge in [-0.1, -0.05) is 30.7 Å². The van der Waals surface area contributed by atoms with E-state index in [1.807, 2.05) is 30.9 Å². The molecule has 1 unspecified atom stereocenters. The van der Waals surface area contributed by atoms with Gasteiger partial charge in [0, 0.05) is 37.4 Å². The number of benzene rings is 1. The van der Waals surface area contributed by atoms with Gasteiger partial charge in [0.2, 0.25) is 11.8 Å². The quantitative estimate of drug-likeness (QED) is 0.762. The van der Waals surface area contributed by atoms with Crippen molar-refractivity contribution in [2.75, 3.05) is 13.1 Å². The standard InChI is InChI=1S/C26H33N3O2/c1-19(2)28-25(31)26(12-5-15-29(18-26)24(30)22-7-4-8-22)17-20-6-3-9-23(16-20)21-10-13-27-14-11-21/h3,6,9-11,13-14,16,19,22H,4-5,7-8,12,15,17-18H2,1-2H3,(H,28,31). The molecule has 0 radical (unpaired) electrons. The van der Waals surface area contributed by atoms with Crippen LogP contribution < -0.4 is 5.32 Å². The second-order valence-corrected chi connectivity index (χ2v) is 9.51. The normalized spacial score (nSPS) is 21.6. The molecular formula is C26H33N3O2. The number of pyridine rings is 1. The van der Waals surface area contributed by atoms with E-state index in [0.29, 0.717) is 13.0 Å². The Labute approximate surface area is 185 Å². The molecule has 1 atom stereocenters. The maximum absolute atomic E-state index is 13.5. The fourth-order valence-electron chi connectivity index (χ4n) is 4.85. The monoisotopic (exact) mass is 419 g/mol. The lowest BCUT2D eigenvalue weighted by molar-refractivity contribution is -0.146. The molecule has 31 heavy (non-hydrogen) atoms. The summed E-state index contributed by atoms with van der Waals surface area (Å²) >= 11 is 0. The van der Waals surface area contributed by atoms with Crippen LogP contribution in [0.4, 0.5) is 0 Å². The summed E-state index contributed by atoms with van der Waals surface area (Å²) in [5.41, 5.74) is 2.78. The summed E-state index contributed by atoms with van der Waals surface area (Å²) in [4.78, 5) is 32.5. The highest BCUT2D eigenvalue weighted by Gasteiger charge is 2.45. The zero-order valence-electron chi connectivity index (χ0n) is 18.6. The molecule has 0 spiro atoms. The number of nitrogens with zero attached hydrogens (tertiary/aromatic N) is 2. The smallest absolute Gasteiger partial charge is 0.228 e. The molecule has 1 saturated carbocycles. The van der Waals surface area contributed by atoms with Crippen molar-refractivity contribution >= 4 is 11.8 Å². The van der Waals surface area contributed by atoms with Crippen molar-refractivity contribution < 1.29 is 9.59 Å². The average molecular weight is 420 g/mol. The first-order valence-corrected chi connectivity index (χ1v) is 11.6. The molecule has 2 amide bonds. The molecular weight excluding hydrogens is 386 g/mol. The number of aromatic nitrogens is 1. The number of carbonyl (C=O) groups is 2. The van der Waals surface area contributed by atoms with Crippen molar-refractivity contribution in [3.8, 4) is 11.1 Å². The van der Waals surface area contributed by atoms with Crippen molar-refractivity contribution in [3.05, 3.63) is 54.4 Å². The highest BCUT2D eigenvalue weighted by molar-refractivity contribution is 5.86. The van der Waals surface area contributed by atoms with E-state index in [-0.39, 0.29) is 23.8 Å². The maximum Gasteiger partial charge on any atom is 0.228 e. The number of amides is 2. The minimum absolute atomic E-state index is 0.0722. The number of hydrogen-bond donors (Lipinski definition) is 1. The number of nitrogens with one attached hydrogen (secondary N) is 1. The van der Waals surface area contributed by atoms with Gasteiger partial charge in [0.15, 0.2) is 0 Å². The van der Waals surface area contributed by atoms with Crippen molar-refractivity contribution in [2.45, 2.75) is 58.4 Å². The molecule has 1 saturated heterocycles. The molecule has 2 heterocycles. The van der Waals surface area contributed by atoms with Gasteiger partial charge in [-0.05, 0) is 74.8 Å². The van der Waals surface area contributed by atoms with E-state index >= 15 is 0 Å². The number of hydrogen-bond acceptors (Lipinski definition) is 3. The highest BCUT2D eigenvalue weighted by atomic mass is 16.2. The summed E-state index contributed by atoms with van der Waals surface area (Å²) in [6, 6.07) is 12.5. The van der Waals surface area contributed by atoms with Crippen molar-refractivity contribution in [2.24, 2.45) is 11.3 Å². The van der Waals surface area contributed by atoms with Gasteiger partial charge in [-0.25, -0.2) is 0 Å². The van der Waals surface area contributed by atoms with Gasteiger partial charge >= 0.3 is 0 Å². The Bertz CT molecular complexity index is 923. The largest absolute Gasteiger partial charge is 0.353 e. The van der Waals surface area contributed by atoms with E-state index in [1.165, 1.54) is 0 Å². The Morgan fingerprint density at radius 1 is 1.13 bits per heavy atom. The molecule has 2 fully saturated rings. The first-order chi connectivity index (χ1) is 15.0. The van der Waals surface area contributed by atoms with Crippen LogP contribution in [0.25, 0.3) is 11.1 Å². The van der Waals surface area contributed by atoms with Gasteiger partial charge in [0.05, 0.1) is 5.41 Å². The summed E-state index contributed by atoms with van der Waals surface area (Å²) < 4.78 is 0. The van der Waals surface area contributed by atoms with E-state index < -0.39 is 5.41 Å². The fraction of sp³-hybridized carbons (Fsp3) is 0.500. The lowest BCUT2D eigenvalue weighted by atomic mass is 9.73. The zero-order valence-corrected chi connectivity index (χ0v) is 18.6. The Balaban J connectivity index is 1.61. The van der Waals surface area contributed by atoms with Gasteiger partial charge in [-0.3, -0.25) is 14.6 Å². The van der Waals surface area contributed by atoms with E-state index in [9.17, 15) is 9.59 Å². The third-order valence-corrected chi connectivity index (χ3v) is 6.73. The van der Waals surface area contributed by atoms with E-state index in [1.54, 1.807) is 12.4 Å². The minimum Gasteiger partial charge on any atom is -0.353 e. The lowest BCUT2D eigenvalue weighted by Crippen LogP contribution is -2.56. The highest BCUT2D eigenvalue weighted by Crippen LogP contribution is 2.37. The first-order valence-electron chi connectivity index (χ1n) is 11.6. The summed E-state index contributed by atoms with van der Waals surface area (Å²) in [5, 5.41) is 3.15. The Morgan fingerprint density at radius 3 is 2.58 bits per heavy atom. The van der Waals surface area contributed by atoms with Crippen LogP contribution in [-0.2, 0) is 16.0 Å². The summed E-state index contributed by atoms with van der Waals surface area (Å²) in [6.07, 6.45) is 9.04. The second-order valence-electron chi connectivity index (χ2n) is 9.51. The third-order valence-electron chi connectivity index (χ3n) is 6.73. The third kappa shape index (κ3) is 4.81.